The first kappa shape index (κ1) is 35.3. The number of aliphatic hydroxyl groups excluding tert-OH is 1. The molecule has 6 atom stereocenters. The van der Waals surface area contributed by atoms with E-state index in [1.165, 1.54) is 24.3 Å². The maximum absolute atomic E-state index is 13.3. The zero-order valence-corrected chi connectivity index (χ0v) is 22.9. The number of benzene rings is 1. The first-order valence-corrected chi connectivity index (χ1v) is 12.7. The summed E-state index contributed by atoms with van der Waals surface area (Å²) < 4.78 is 0. The number of aliphatic carboxylic acids is 2. The number of rotatable bonds is 17. The van der Waals surface area contributed by atoms with E-state index in [9.17, 15) is 43.8 Å². The molecule has 0 spiro atoms. The van der Waals surface area contributed by atoms with Crippen molar-refractivity contribution in [1.82, 2.24) is 21.3 Å². The molecule has 0 aliphatic heterocycles. The van der Waals surface area contributed by atoms with Crippen LogP contribution in [0.4, 0.5) is 0 Å². The van der Waals surface area contributed by atoms with Gasteiger partial charge in [0.05, 0.1) is 18.6 Å². The van der Waals surface area contributed by atoms with E-state index >= 15 is 0 Å². The van der Waals surface area contributed by atoms with Gasteiger partial charge in [0.1, 0.15) is 29.9 Å². The molecule has 0 aromatic heterocycles. The average Bonchev–Trinajstić information content (AvgIpc) is 2.89. The Labute approximate surface area is 240 Å². The Balaban J connectivity index is 3.27. The number of carboxylic acid groups (broad SMARTS) is 2. The predicted molar refractivity (Wildman–Crippen MR) is 143 cm³/mol. The van der Waals surface area contributed by atoms with Crippen LogP contribution in [0.2, 0.25) is 0 Å². The van der Waals surface area contributed by atoms with Gasteiger partial charge < -0.3 is 53.2 Å². The fourth-order valence-electron chi connectivity index (χ4n) is 3.50. The van der Waals surface area contributed by atoms with E-state index in [1.807, 2.05) is 0 Å². The Bertz CT molecular complexity index is 1160. The largest absolute Gasteiger partial charge is 0.508 e. The third kappa shape index (κ3) is 12.2. The molecule has 1 aromatic rings. The summed E-state index contributed by atoms with van der Waals surface area (Å²) in [5.41, 5.74) is 11.1. The number of aliphatic hydroxyl groups is 1. The second-order valence-corrected chi connectivity index (χ2v) is 9.50. The predicted octanol–water partition coefficient (Wildman–Crippen LogP) is -3.57. The van der Waals surface area contributed by atoms with E-state index < -0.39 is 97.1 Å². The first-order chi connectivity index (χ1) is 19.5. The number of nitrogens with one attached hydrogen (secondary N) is 4. The van der Waals surface area contributed by atoms with Gasteiger partial charge in [0, 0.05) is 12.8 Å². The van der Waals surface area contributed by atoms with E-state index in [4.69, 9.17) is 21.7 Å². The van der Waals surface area contributed by atoms with Crippen LogP contribution in [0.3, 0.4) is 0 Å². The third-order valence-corrected chi connectivity index (χ3v) is 5.84. The summed E-state index contributed by atoms with van der Waals surface area (Å²) in [7, 11) is 0. The van der Waals surface area contributed by atoms with Crippen LogP contribution in [0, 0.1) is 0 Å². The van der Waals surface area contributed by atoms with Gasteiger partial charge in [-0.05, 0) is 38.0 Å². The highest BCUT2D eigenvalue weighted by molar-refractivity contribution is 5.96. The summed E-state index contributed by atoms with van der Waals surface area (Å²) in [4.78, 5) is 84.9. The van der Waals surface area contributed by atoms with E-state index in [1.54, 1.807) is 0 Å². The van der Waals surface area contributed by atoms with Gasteiger partial charge in [-0.2, -0.15) is 0 Å². The van der Waals surface area contributed by atoms with Gasteiger partial charge in [0.25, 0.3) is 0 Å². The molecule has 0 radical (unpaired) electrons. The van der Waals surface area contributed by atoms with Gasteiger partial charge in [-0.15, -0.1) is 0 Å². The van der Waals surface area contributed by atoms with Gasteiger partial charge >= 0.3 is 11.9 Å². The van der Waals surface area contributed by atoms with Crippen LogP contribution in [0.5, 0.6) is 5.75 Å². The van der Waals surface area contributed by atoms with Gasteiger partial charge in [-0.3, -0.25) is 33.6 Å². The van der Waals surface area contributed by atoms with Crippen LogP contribution in [-0.4, -0.2) is 98.2 Å². The number of nitrogens with two attached hydrogens (primary N) is 2. The summed E-state index contributed by atoms with van der Waals surface area (Å²) in [5.74, 6) is -7.71. The number of carbonyl (C=O) groups excluding carboxylic acids is 5. The zero-order valence-electron chi connectivity index (χ0n) is 22.9. The summed E-state index contributed by atoms with van der Waals surface area (Å²) in [6.07, 6.45) is -3.32. The van der Waals surface area contributed by atoms with Crippen LogP contribution >= 0.6 is 0 Å². The first-order valence-electron chi connectivity index (χ1n) is 12.7. The highest BCUT2D eigenvalue weighted by Gasteiger charge is 2.33. The van der Waals surface area contributed by atoms with Crippen LogP contribution in [0.15, 0.2) is 24.3 Å². The fraction of sp³-hybridized carbons (Fsp3) is 0.480. The average molecular weight is 597 g/mol. The molecular formula is C25H36N6O11. The molecule has 5 amide bonds. The lowest BCUT2D eigenvalue weighted by Gasteiger charge is -2.27. The Morgan fingerprint density at radius 3 is 1.86 bits per heavy atom. The van der Waals surface area contributed by atoms with Crippen LogP contribution < -0.4 is 32.7 Å². The highest BCUT2D eigenvalue weighted by Crippen LogP contribution is 2.12. The molecule has 232 valence electrons. The van der Waals surface area contributed by atoms with Gasteiger partial charge in [0.2, 0.25) is 29.5 Å². The maximum Gasteiger partial charge on any atom is 0.325 e. The summed E-state index contributed by atoms with van der Waals surface area (Å²) in [6, 6.07) is -1.99. The van der Waals surface area contributed by atoms with Crippen LogP contribution in [0.25, 0.3) is 0 Å². The van der Waals surface area contributed by atoms with Gasteiger partial charge in [-0.25, -0.2) is 0 Å². The van der Waals surface area contributed by atoms with Crippen molar-refractivity contribution in [2.45, 2.75) is 75.8 Å². The molecule has 1 aromatic carbocycles. The van der Waals surface area contributed by atoms with Crippen molar-refractivity contribution in [1.29, 1.82) is 0 Å². The topological polar surface area (TPSA) is 301 Å². The number of phenols is 1. The second-order valence-electron chi connectivity index (χ2n) is 9.50. The summed E-state index contributed by atoms with van der Waals surface area (Å²) >= 11 is 0. The quantitative estimate of drug-likeness (QED) is 0.0835. The lowest BCUT2D eigenvalue weighted by atomic mass is 10.0. The van der Waals surface area contributed by atoms with E-state index in [0.29, 0.717) is 5.56 Å². The van der Waals surface area contributed by atoms with Gasteiger partial charge in [-0.1, -0.05) is 12.1 Å². The number of primary amides is 1. The van der Waals surface area contributed by atoms with E-state index in [2.05, 4.69) is 21.3 Å². The lowest BCUT2D eigenvalue weighted by Crippen LogP contribution is -2.60. The third-order valence-electron chi connectivity index (χ3n) is 5.84. The SMILES string of the molecule is C[C@H](NC(=O)[C@@H](NC(=O)[C@H](Cc1ccc(O)cc1)NC(=O)[C@H](CCC(=O)O)NC(=O)[C@@H](N)CC(N)=O)[C@@H](C)O)C(=O)O. The molecule has 1 rings (SSSR count). The molecule has 12 N–H and O–H groups in total. The number of hydrogen-bond acceptors (Lipinski definition) is 10. The standard InChI is InChI=1S/C25H36N6O11/c1-11(25(41)42)28-24(40)20(12(2)32)31-23(39)17(9-13-3-5-14(33)6-4-13)30-22(38)16(7-8-19(35)36)29-21(37)15(26)10-18(27)34/h3-6,11-12,15-17,20,32-33H,7-10,26H2,1-2H3,(H2,27,34)(H,28,40)(H,29,37)(H,30,38)(H,31,39)(H,35,36)(H,41,42)/t11-,12+,15-,16-,17-,20-/m0/s1. The van der Waals surface area contributed by atoms with Crippen molar-refractivity contribution >= 4 is 41.5 Å². The Morgan fingerprint density at radius 2 is 1.36 bits per heavy atom. The minimum atomic E-state index is -1.65. The van der Waals surface area contributed by atoms with E-state index in [-0.39, 0.29) is 12.2 Å². The molecule has 0 saturated carbocycles. The molecule has 0 saturated heterocycles. The van der Waals surface area contributed by atoms with Crippen molar-refractivity contribution in [3.8, 4) is 5.75 Å². The number of carboxylic acids is 2. The minimum absolute atomic E-state index is 0.0917. The molecule has 0 bridgehead atoms. The number of carbonyl (C=O) groups is 7. The molecule has 0 unspecified atom stereocenters. The number of amides is 5. The summed E-state index contributed by atoms with van der Waals surface area (Å²) in [6.45, 7) is 2.33. The van der Waals surface area contributed by atoms with E-state index in [0.717, 1.165) is 13.8 Å². The highest BCUT2D eigenvalue weighted by atomic mass is 16.4. The molecule has 0 aliphatic rings. The molecular weight excluding hydrogens is 560 g/mol. The second kappa shape index (κ2) is 16.5. The van der Waals surface area contributed by atoms with Crippen LogP contribution in [-0.2, 0) is 40.0 Å². The molecule has 0 aliphatic carbocycles. The van der Waals surface area contributed by atoms with Crippen molar-refractivity contribution < 1.29 is 54.0 Å². The minimum Gasteiger partial charge on any atom is -0.508 e. The van der Waals surface area contributed by atoms with Crippen molar-refractivity contribution in [2.24, 2.45) is 11.5 Å². The number of hydrogen-bond donors (Lipinski definition) is 10. The number of phenolic OH excluding ortho intramolecular Hbond substituents is 1. The Hall–Kier alpha value is -4.77. The molecule has 42 heavy (non-hydrogen) atoms. The normalized spacial score (nSPS) is 15.0. The van der Waals surface area contributed by atoms with Crippen molar-refractivity contribution in [2.75, 3.05) is 0 Å². The Morgan fingerprint density at radius 1 is 0.810 bits per heavy atom. The van der Waals surface area contributed by atoms with Gasteiger partial charge in [0.15, 0.2) is 0 Å². The fourth-order valence-corrected chi connectivity index (χ4v) is 3.50. The van der Waals surface area contributed by atoms with Crippen molar-refractivity contribution in [3.05, 3.63) is 29.8 Å². The summed E-state index contributed by atoms with van der Waals surface area (Å²) in [5, 5.41) is 46.8. The molecule has 17 heteroatoms. The van der Waals surface area contributed by atoms with Crippen molar-refractivity contribution in [3.63, 3.8) is 0 Å². The monoisotopic (exact) mass is 596 g/mol. The molecule has 0 fully saturated rings. The molecule has 0 heterocycles. The van der Waals surface area contributed by atoms with Crippen LogP contribution in [0.1, 0.15) is 38.7 Å². The lowest BCUT2D eigenvalue weighted by molar-refractivity contribution is -0.142. The number of aromatic hydroxyl groups is 1. The maximum atomic E-state index is 13.3. The smallest absolute Gasteiger partial charge is 0.325 e. The zero-order chi connectivity index (χ0) is 32.1. The Kier molecular flexibility index (Phi) is 13.8. The molecule has 17 nitrogen and oxygen atoms in total.